The molecule has 1 heterocycles. The molecule has 234 valence electrons. The fraction of sp³-hybridized carbons (Fsp3) is 1.00. The Morgan fingerprint density at radius 1 is 0.308 bits per heavy atom. The Kier molecular flexibility index (Phi) is 30.8. The van der Waals surface area contributed by atoms with Crippen molar-refractivity contribution in [3.05, 3.63) is 0 Å². The van der Waals surface area contributed by atoms with Gasteiger partial charge in [-0.1, -0.05) is 225 Å². The Labute approximate surface area is 248 Å². The molecule has 0 aromatic heterocycles. The van der Waals surface area contributed by atoms with Gasteiger partial charge in [0.2, 0.25) is 0 Å². The molecule has 1 unspecified atom stereocenters. The van der Waals surface area contributed by atoms with Crippen LogP contribution in [0.3, 0.4) is 0 Å². The van der Waals surface area contributed by atoms with Crippen molar-refractivity contribution in [3.63, 3.8) is 0 Å². The lowest BCUT2D eigenvalue weighted by atomic mass is 10.0. The zero-order valence-electron chi connectivity index (χ0n) is 27.4. The minimum atomic E-state index is 0.647. The largest absolute Gasteiger partial charge is 0.373 e. The fourth-order valence-electron chi connectivity index (χ4n) is 6.34. The van der Waals surface area contributed by atoms with Crippen molar-refractivity contribution >= 4 is 0 Å². The van der Waals surface area contributed by atoms with Crippen LogP contribution in [0, 0.1) is 0 Å². The average molecular weight is 549 g/mol. The molecule has 1 atom stereocenters. The second kappa shape index (κ2) is 32.5. The van der Waals surface area contributed by atoms with E-state index in [4.69, 9.17) is 4.74 Å². The van der Waals surface area contributed by atoms with Crippen LogP contribution in [0.4, 0.5) is 0 Å². The monoisotopic (exact) mass is 549 g/mol. The number of epoxide rings is 1. The van der Waals surface area contributed by atoms with E-state index in [1.807, 2.05) is 0 Å². The third-order valence-electron chi connectivity index (χ3n) is 9.28. The predicted octanol–water partition coefficient (Wildman–Crippen LogP) is 14.1. The summed E-state index contributed by atoms with van der Waals surface area (Å²) in [7, 11) is 0. The molecule has 0 bridgehead atoms. The van der Waals surface area contributed by atoms with Gasteiger partial charge in [0.25, 0.3) is 0 Å². The summed E-state index contributed by atoms with van der Waals surface area (Å²) in [6, 6.07) is 0. The summed E-state index contributed by atoms with van der Waals surface area (Å²) >= 11 is 0. The average Bonchev–Trinajstić information content (AvgIpc) is 3.78. The lowest BCUT2D eigenvalue weighted by Gasteiger charge is -2.05. The molecule has 1 fully saturated rings. The van der Waals surface area contributed by atoms with Gasteiger partial charge >= 0.3 is 0 Å². The minimum Gasteiger partial charge on any atom is -0.373 e. The second-order valence-corrected chi connectivity index (χ2v) is 13.4. The van der Waals surface area contributed by atoms with Gasteiger partial charge in [-0.05, 0) is 6.42 Å². The van der Waals surface area contributed by atoms with Crippen LogP contribution in [-0.4, -0.2) is 12.7 Å². The first-order valence-electron chi connectivity index (χ1n) is 19.0. The van der Waals surface area contributed by atoms with Crippen LogP contribution in [0.5, 0.6) is 0 Å². The fourth-order valence-corrected chi connectivity index (χ4v) is 6.34. The van der Waals surface area contributed by atoms with Gasteiger partial charge in [0.05, 0.1) is 12.7 Å². The molecular weight excluding hydrogens is 472 g/mol. The van der Waals surface area contributed by atoms with Crippen molar-refractivity contribution in [3.8, 4) is 0 Å². The standard InChI is InChI=1S/C38H76O/c1-2-3-4-5-6-7-8-9-10-11-12-13-14-15-16-17-18-19-20-21-22-23-24-25-26-27-28-29-30-31-32-33-34-35-36-38-37-39-38/h38H,2-37H2,1H3. The first-order valence-corrected chi connectivity index (χ1v) is 19.0. The highest BCUT2D eigenvalue weighted by atomic mass is 16.6. The molecule has 1 nitrogen and oxygen atoms in total. The van der Waals surface area contributed by atoms with E-state index < -0.39 is 0 Å². The lowest BCUT2D eigenvalue weighted by molar-refractivity contribution is 0.387. The van der Waals surface area contributed by atoms with Crippen molar-refractivity contribution in [2.75, 3.05) is 6.61 Å². The van der Waals surface area contributed by atoms with Crippen LogP contribution in [0.25, 0.3) is 0 Å². The SMILES string of the molecule is CCCCCCCCCCCCCCCCCCCCCCCCCCCCCCCCCCCCC1CO1. The van der Waals surface area contributed by atoms with E-state index in [-0.39, 0.29) is 0 Å². The Bertz CT molecular complexity index is 428. The highest BCUT2D eigenvalue weighted by molar-refractivity contribution is 4.68. The van der Waals surface area contributed by atoms with Crippen LogP contribution in [0.15, 0.2) is 0 Å². The maximum absolute atomic E-state index is 5.28. The maximum atomic E-state index is 5.28. The van der Waals surface area contributed by atoms with E-state index in [0.717, 1.165) is 6.61 Å². The number of hydrogen-bond donors (Lipinski definition) is 0. The third kappa shape index (κ3) is 32.3. The molecule has 1 aliphatic rings. The number of unbranched alkanes of at least 4 members (excludes halogenated alkanes) is 33. The van der Waals surface area contributed by atoms with E-state index in [9.17, 15) is 0 Å². The van der Waals surface area contributed by atoms with Crippen LogP contribution in [-0.2, 0) is 4.74 Å². The molecule has 0 aromatic carbocycles. The molecule has 0 N–H and O–H groups in total. The smallest absolute Gasteiger partial charge is 0.0810 e. The van der Waals surface area contributed by atoms with E-state index in [2.05, 4.69) is 6.92 Å². The van der Waals surface area contributed by atoms with Crippen LogP contribution in [0.1, 0.15) is 232 Å². The molecule has 1 aliphatic heterocycles. The van der Waals surface area contributed by atoms with Gasteiger partial charge in [-0.3, -0.25) is 0 Å². The van der Waals surface area contributed by atoms with Gasteiger partial charge < -0.3 is 4.74 Å². The van der Waals surface area contributed by atoms with Gasteiger partial charge in [0.15, 0.2) is 0 Å². The van der Waals surface area contributed by atoms with Gasteiger partial charge in [-0.25, -0.2) is 0 Å². The zero-order valence-corrected chi connectivity index (χ0v) is 27.4. The molecule has 0 amide bonds. The van der Waals surface area contributed by atoms with Crippen LogP contribution in [0.2, 0.25) is 0 Å². The van der Waals surface area contributed by atoms with E-state index >= 15 is 0 Å². The van der Waals surface area contributed by atoms with Crippen LogP contribution >= 0.6 is 0 Å². The molecule has 1 saturated heterocycles. The maximum Gasteiger partial charge on any atom is 0.0810 e. The van der Waals surface area contributed by atoms with Gasteiger partial charge in [-0.2, -0.15) is 0 Å². The lowest BCUT2D eigenvalue weighted by Crippen LogP contribution is -1.86. The van der Waals surface area contributed by atoms with E-state index in [1.54, 1.807) is 0 Å². The third-order valence-corrected chi connectivity index (χ3v) is 9.28. The van der Waals surface area contributed by atoms with E-state index in [0.29, 0.717) is 6.10 Å². The second-order valence-electron chi connectivity index (χ2n) is 13.4. The van der Waals surface area contributed by atoms with Crippen molar-refractivity contribution in [1.82, 2.24) is 0 Å². The summed E-state index contributed by atoms with van der Waals surface area (Å²) in [4.78, 5) is 0. The Hall–Kier alpha value is -0.0400. The molecule has 39 heavy (non-hydrogen) atoms. The number of rotatable bonds is 35. The predicted molar refractivity (Wildman–Crippen MR) is 177 cm³/mol. The molecular formula is C38H76O. The molecule has 0 radical (unpaired) electrons. The van der Waals surface area contributed by atoms with Crippen molar-refractivity contribution in [1.29, 1.82) is 0 Å². The first-order chi connectivity index (χ1) is 19.4. The van der Waals surface area contributed by atoms with E-state index in [1.165, 1.54) is 225 Å². The zero-order chi connectivity index (χ0) is 27.7. The van der Waals surface area contributed by atoms with Crippen LogP contribution < -0.4 is 0 Å². The number of ether oxygens (including phenoxy) is 1. The van der Waals surface area contributed by atoms with Crippen molar-refractivity contribution in [2.45, 2.75) is 238 Å². The molecule has 0 spiro atoms. The number of hydrogen-bond acceptors (Lipinski definition) is 1. The normalized spacial score (nSPS) is 14.8. The summed E-state index contributed by atoms with van der Waals surface area (Å²) in [5.74, 6) is 0. The minimum absolute atomic E-state index is 0.647. The molecule has 0 saturated carbocycles. The highest BCUT2D eigenvalue weighted by Crippen LogP contribution is 2.19. The van der Waals surface area contributed by atoms with Gasteiger partial charge in [0.1, 0.15) is 0 Å². The summed E-state index contributed by atoms with van der Waals surface area (Å²) in [6.45, 7) is 3.35. The topological polar surface area (TPSA) is 12.5 Å². The first kappa shape index (κ1) is 37.0. The molecule has 0 aromatic rings. The molecule has 1 rings (SSSR count). The summed E-state index contributed by atoms with van der Waals surface area (Å²) in [5, 5.41) is 0. The van der Waals surface area contributed by atoms with Crippen molar-refractivity contribution < 1.29 is 4.74 Å². The Morgan fingerprint density at radius 2 is 0.487 bits per heavy atom. The summed E-state index contributed by atoms with van der Waals surface area (Å²) < 4.78 is 5.28. The van der Waals surface area contributed by atoms with Gasteiger partial charge in [0, 0.05) is 0 Å². The summed E-state index contributed by atoms with van der Waals surface area (Å²) in [5.41, 5.74) is 0. The highest BCUT2D eigenvalue weighted by Gasteiger charge is 2.20. The quantitative estimate of drug-likeness (QED) is 0.0566. The molecule has 1 heteroatoms. The Morgan fingerprint density at radius 3 is 0.667 bits per heavy atom. The van der Waals surface area contributed by atoms with Gasteiger partial charge in [-0.15, -0.1) is 0 Å². The molecule has 0 aliphatic carbocycles. The summed E-state index contributed by atoms with van der Waals surface area (Å²) in [6.07, 6.45) is 52.2. The Balaban J connectivity index is 1.58. The van der Waals surface area contributed by atoms with Crippen molar-refractivity contribution in [2.24, 2.45) is 0 Å².